The van der Waals surface area contributed by atoms with Gasteiger partial charge in [0, 0.05) is 29.7 Å². The molecule has 6 nitrogen and oxygen atoms in total. The summed E-state index contributed by atoms with van der Waals surface area (Å²) in [5.41, 5.74) is 3.05. The van der Waals surface area contributed by atoms with Gasteiger partial charge in [-0.15, -0.1) is 0 Å². The first kappa shape index (κ1) is 23.6. The fourth-order valence-corrected chi connectivity index (χ4v) is 5.67. The van der Waals surface area contributed by atoms with E-state index in [1.807, 2.05) is 35.9 Å². The number of hydrogen-bond acceptors (Lipinski definition) is 4. The predicted octanol–water partition coefficient (Wildman–Crippen LogP) is 5.49. The van der Waals surface area contributed by atoms with Gasteiger partial charge in [-0.25, -0.2) is 0 Å². The van der Waals surface area contributed by atoms with Crippen LogP contribution in [0.2, 0.25) is 0 Å². The highest BCUT2D eigenvalue weighted by atomic mass is 32.2. The molecule has 1 aromatic heterocycles. The normalized spacial score (nSPS) is 18.6. The van der Waals surface area contributed by atoms with Gasteiger partial charge in [0.2, 0.25) is 5.91 Å². The molecule has 0 unspecified atom stereocenters. The number of nitrogens with one attached hydrogen (secondary N) is 1. The standard InChI is InChI=1S/C26H33N3O3S/c1-3-5-14-29-25(31)22(33-26(29)32)15-19-16-28(24-18(4-2)10-9-13-21(19)24)17-23(30)27-20-11-7-6-8-12-20/h9-10,13,15-16,20H,3-8,11-12,14,17H2,1-2H3,(H,27,30)/b22-15-. The summed E-state index contributed by atoms with van der Waals surface area (Å²) in [7, 11) is 0. The van der Waals surface area contributed by atoms with Gasteiger partial charge in [0.25, 0.3) is 11.1 Å². The number of imide groups is 1. The molecule has 1 saturated carbocycles. The number of benzene rings is 1. The molecule has 176 valence electrons. The topological polar surface area (TPSA) is 71.4 Å². The van der Waals surface area contributed by atoms with Gasteiger partial charge < -0.3 is 9.88 Å². The maximum absolute atomic E-state index is 12.9. The molecule has 1 N–H and O–H groups in total. The number of nitrogens with zero attached hydrogens (tertiary/aromatic N) is 2. The maximum Gasteiger partial charge on any atom is 0.293 e. The van der Waals surface area contributed by atoms with E-state index in [0.29, 0.717) is 11.4 Å². The van der Waals surface area contributed by atoms with Crippen molar-refractivity contribution in [3.8, 4) is 0 Å². The van der Waals surface area contributed by atoms with Crippen LogP contribution in [0.1, 0.15) is 69.9 Å². The molecule has 1 aromatic carbocycles. The second-order valence-corrected chi connectivity index (χ2v) is 9.96. The molecule has 0 bridgehead atoms. The van der Waals surface area contributed by atoms with Crippen molar-refractivity contribution in [2.75, 3.05) is 6.54 Å². The summed E-state index contributed by atoms with van der Waals surface area (Å²) in [5.74, 6) is -0.197. The summed E-state index contributed by atoms with van der Waals surface area (Å²) in [6, 6.07) is 6.39. The number of aromatic nitrogens is 1. The summed E-state index contributed by atoms with van der Waals surface area (Å²) >= 11 is 1.00. The number of para-hydroxylation sites is 1. The van der Waals surface area contributed by atoms with Crippen LogP contribution >= 0.6 is 11.8 Å². The van der Waals surface area contributed by atoms with E-state index in [9.17, 15) is 14.4 Å². The Balaban J connectivity index is 1.63. The number of amides is 3. The minimum absolute atomic E-state index is 0.0242. The number of unbranched alkanes of at least 4 members (excludes halogenated alkanes) is 1. The van der Waals surface area contributed by atoms with E-state index in [1.54, 1.807) is 0 Å². The molecule has 3 amide bonds. The first-order chi connectivity index (χ1) is 16.0. The number of fused-ring (bicyclic) bond motifs is 1. The van der Waals surface area contributed by atoms with Crippen molar-refractivity contribution >= 4 is 45.8 Å². The molecule has 7 heteroatoms. The number of aryl methyl sites for hydroxylation is 1. The Morgan fingerprint density at radius 3 is 2.70 bits per heavy atom. The second-order valence-electron chi connectivity index (χ2n) is 8.97. The van der Waals surface area contributed by atoms with Gasteiger partial charge in [0.05, 0.1) is 10.4 Å². The molecule has 2 fully saturated rings. The van der Waals surface area contributed by atoms with Crippen LogP contribution in [0.3, 0.4) is 0 Å². The lowest BCUT2D eigenvalue weighted by Crippen LogP contribution is -2.38. The molecule has 1 aliphatic heterocycles. The van der Waals surface area contributed by atoms with Crippen molar-refractivity contribution in [1.82, 2.24) is 14.8 Å². The molecule has 2 heterocycles. The lowest BCUT2D eigenvalue weighted by Gasteiger charge is -2.23. The zero-order valence-electron chi connectivity index (χ0n) is 19.6. The van der Waals surface area contributed by atoms with Gasteiger partial charge in [0.1, 0.15) is 6.54 Å². The summed E-state index contributed by atoms with van der Waals surface area (Å²) in [4.78, 5) is 39.8. The minimum Gasteiger partial charge on any atom is -0.352 e. The lowest BCUT2D eigenvalue weighted by atomic mass is 9.95. The third kappa shape index (κ3) is 5.18. The first-order valence-corrected chi connectivity index (χ1v) is 13.0. The van der Waals surface area contributed by atoms with Crippen LogP contribution in [-0.4, -0.2) is 39.1 Å². The number of thioether (sulfide) groups is 1. The number of rotatable bonds is 8. The van der Waals surface area contributed by atoms with Gasteiger partial charge in [-0.1, -0.05) is 57.7 Å². The monoisotopic (exact) mass is 467 g/mol. The number of carbonyl (C=O) groups is 3. The highest BCUT2D eigenvalue weighted by Gasteiger charge is 2.34. The van der Waals surface area contributed by atoms with Crippen LogP contribution in [-0.2, 0) is 22.6 Å². The van der Waals surface area contributed by atoms with E-state index in [1.165, 1.54) is 24.2 Å². The molecule has 1 saturated heterocycles. The molecule has 4 rings (SSSR count). The lowest BCUT2D eigenvalue weighted by molar-refractivity contribution is -0.123. The van der Waals surface area contributed by atoms with Gasteiger partial charge in [-0.2, -0.15) is 0 Å². The third-order valence-corrected chi connectivity index (χ3v) is 7.48. The molecule has 1 aliphatic carbocycles. The van der Waals surface area contributed by atoms with Crippen LogP contribution in [0.5, 0.6) is 0 Å². The van der Waals surface area contributed by atoms with Gasteiger partial charge in [-0.05, 0) is 49.1 Å². The smallest absolute Gasteiger partial charge is 0.293 e. The highest BCUT2D eigenvalue weighted by molar-refractivity contribution is 8.18. The molecule has 2 aromatic rings. The number of carbonyl (C=O) groups excluding carboxylic acids is 3. The zero-order valence-corrected chi connectivity index (χ0v) is 20.4. The van der Waals surface area contributed by atoms with Crippen molar-refractivity contribution < 1.29 is 14.4 Å². The Hall–Kier alpha value is -2.54. The highest BCUT2D eigenvalue weighted by Crippen LogP contribution is 2.35. The van der Waals surface area contributed by atoms with Crippen LogP contribution in [0.4, 0.5) is 4.79 Å². The Morgan fingerprint density at radius 2 is 1.97 bits per heavy atom. The van der Waals surface area contributed by atoms with E-state index in [4.69, 9.17) is 0 Å². The van der Waals surface area contributed by atoms with E-state index < -0.39 is 0 Å². The molecule has 33 heavy (non-hydrogen) atoms. The van der Waals surface area contributed by atoms with E-state index in [0.717, 1.165) is 65.9 Å². The van der Waals surface area contributed by atoms with Crippen molar-refractivity contribution in [3.05, 3.63) is 40.4 Å². The Bertz CT molecular complexity index is 1080. The maximum atomic E-state index is 12.9. The van der Waals surface area contributed by atoms with Gasteiger partial charge in [0.15, 0.2) is 0 Å². The summed E-state index contributed by atoms with van der Waals surface area (Å²) < 4.78 is 2.00. The van der Waals surface area contributed by atoms with Crippen molar-refractivity contribution in [3.63, 3.8) is 0 Å². The molecular formula is C26H33N3O3S. The van der Waals surface area contributed by atoms with E-state index >= 15 is 0 Å². The fourth-order valence-electron chi connectivity index (χ4n) is 4.82. The van der Waals surface area contributed by atoms with Crippen molar-refractivity contribution in [1.29, 1.82) is 0 Å². The summed E-state index contributed by atoms with van der Waals surface area (Å²) in [6.07, 6.45) is 12.1. The Labute approximate surface area is 199 Å². The van der Waals surface area contributed by atoms with Crippen molar-refractivity contribution in [2.24, 2.45) is 0 Å². The molecule has 0 atom stereocenters. The Morgan fingerprint density at radius 1 is 1.18 bits per heavy atom. The quantitative estimate of drug-likeness (QED) is 0.521. The van der Waals surface area contributed by atoms with Gasteiger partial charge >= 0.3 is 0 Å². The zero-order chi connectivity index (χ0) is 23.4. The summed E-state index contributed by atoms with van der Waals surface area (Å²) in [5, 5.41) is 4.00. The first-order valence-electron chi connectivity index (χ1n) is 12.2. The van der Waals surface area contributed by atoms with Crippen LogP contribution in [0.15, 0.2) is 29.3 Å². The summed E-state index contributed by atoms with van der Waals surface area (Å²) in [6.45, 7) is 4.85. The van der Waals surface area contributed by atoms with E-state index in [-0.39, 0.29) is 29.6 Å². The SMILES string of the molecule is CCCCN1C(=O)S/C(=C\c2cn(CC(=O)NC3CCCCC3)c3c(CC)cccc23)C1=O. The Kier molecular flexibility index (Phi) is 7.58. The van der Waals surface area contributed by atoms with Crippen LogP contribution in [0, 0.1) is 0 Å². The average Bonchev–Trinajstić information content (AvgIpc) is 3.29. The predicted molar refractivity (Wildman–Crippen MR) is 134 cm³/mol. The van der Waals surface area contributed by atoms with Crippen LogP contribution in [0.25, 0.3) is 17.0 Å². The molecule has 0 spiro atoms. The molecular weight excluding hydrogens is 434 g/mol. The van der Waals surface area contributed by atoms with Crippen molar-refractivity contribution in [2.45, 2.75) is 77.8 Å². The van der Waals surface area contributed by atoms with Gasteiger partial charge in [-0.3, -0.25) is 19.3 Å². The average molecular weight is 468 g/mol. The molecule has 0 radical (unpaired) electrons. The largest absolute Gasteiger partial charge is 0.352 e. The van der Waals surface area contributed by atoms with Crippen LogP contribution < -0.4 is 5.32 Å². The number of hydrogen-bond donors (Lipinski definition) is 1. The fraction of sp³-hybridized carbons (Fsp3) is 0.500. The second kappa shape index (κ2) is 10.6. The minimum atomic E-state index is -0.221. The molecule has 2 aliphatic rings. The third-order valence-electron chi connectivity index (χ3n) is 6.57. The van der Waals surface area contributed by atoms with E-state index in [2.05, 4.69) is 18.3 Å².